The molecule has 25 heavy (non-hydrogen) atoms. The average molecular weight is 360 g/mol. The van der Waals surface area contributed by atoms with Gasteiger partial charge in [-0.1, -0.05) is 35.9 Å². The number of fused-ring (bicyclic) bond motifs is 1. The minimum Gasteiger partial charge on any atom is -0.508 e. The van der Waals surface area contributed by atoms with Crippen LogP contribution in [0.1, 0.15) is 29.5 Å². The van der Waals surface area contributed by atoms with Gasteiger partial charge < -0.3 is 15.3 Å². The van der Waals surface area contributed by atoms with Crippen molar-refractivity contribution < 1.29 is 15.3 Å². The van der Waals surface area contributed by atoms with E-state index in [0.717, 1.165) is 36.3 Å². The maximum Gasteiger partial charge on any atom is 0.176 e. The molecule has 1 atom stereocenters. The summed E-state index contributed by atoms with van der Waals surface area (Å²) in [4.78, 5) is 2.32. The lowest BCUT2D eigenvalue weighted by Gasteiger charge is -2.24. The zero-order chi connectivity index (χ0) is 18.0. The second kappa shape index (κ2) is 7.38. The predicted octanol–water partition coefficient (Wildman–Crippen LogP) is 4.02. The molecule has 0 spiro atoms. The quantitative estimate of drug-likeness (QED) is 0.572. The Morgan fingerprint density at radius 2 is 1.92 bits per heavy atom. The lowest BCUT2D eigenvalue weighted by Crippen LogP contribution is -2.29. The van der Waals surface area contributed by atoms with Crippen molar-refractivity contribution in [3.8, 4) is 17.2 Å². The van der Waals surface area contributed by atoms with Gasteiger partial charge in [-0.05, 0) is 48.2 Å². The van der Waals surface area contributed by atoms with Crippen LogP contribution >= 0.6 is 11.6 Å². The number of phenols is 3. The van der Waals surface area contributed by atoms with Gasteiger partial charge in [0.25, 0.3) is 0 Å². The smallest absolute Gasteiger partial charge is 0.176 e. The van der Waals surface area contributed by atoms with Crippen molar-refractivity contribution in [3.05, 3.63) is 64.2 Å². The number of halogens is 1. The van der Waals surface area contributed by atoms with Gasteiger partial charge in [-0.3, -0.25) is 4.90 Å². The second-order valence-corrected chi connectivity index (χ2v) is 6.73. The molecule has 0 aromatic heterocycles. The van der Waals surface area contributed by atoms with Crippen molar-refractivity contribution in [2.24, 2.45) is 0 Å². The lowest BCUT2D eigenvalue weighted by atomic mass is 9.87. The first-order chi connectivity index (χ1) is 12.0. The number of hydrogen-bond acceptors (Lipinski definition) is 4. The third kappa shape index (κ3) is 3.60. The third-order valence-electron chi connectivity index (χ3n) is 4.75. The topological polar surface area (TPSA) is 63.9 Å². The second-order valence-electron chi connectivity index (χ2n) is 6.35. The fraction of sp³-hybridized carbons (Fsp3) is 0.300. The summed E-state index contributed by atoms with van der Waals surface area (Å²) in [5.41, 5.74) is 2.83. The summed E-state index contributed by atoms with van der Waals surface area (Å²) < 4.78 is 0. The maximum absolute atomic E-state index is 10.1. The molecule has 2 aromatic rings. The zero-order valence-corrected chi connectivity index (χ0v) is 14.9. The van der Waals surface area contributed by atoms with E-state index in [1.165, 1.54) is 0 Å². The largest absolute Gasteiger partial charge is 0.508 e. The summed E-state index contributed by atoms with van der Waals surface area (Å²) in [6.07, 6.45) is 4.84. The van der Waals surface area contributed by atoms with Gasteiger partial charge in [0.15, 0.2) is 11.5 Å². The molecule has 0 saturated heterocycles. The Balaban J connectivity index is 2.09. The van der Waals surface area contributed by atoms with Crippen LogP contribution in [0.3, 0.4) is 0 Å². The van der Waals surface area contributed by atoms with Crippen LogP contribution in [0.2, 0.25) is 5.02 Å². The Labute approximate surface area is 152 Å². The molecule has 3 rings (SSSR count). The summed E-state index contributed by atoms with van der Waals surface area (Å²) in [7, 11) is 0. The summed E-state index contributed by atoms with van der Waals surface area (Å²) >= 11 is 6.34. The van der Waals surface area contributed by atoms with Crippen LogP contribution in [-0.2, 0) is 6.42 Å². The normalized spacial score (nSPS) is 18.2. The van der Waals surface area contributed by atoms with Crippen LogP contribution in [0.4, 0.5) is 0 Å². The summed E-state index contributed by atoms with van der Waals surface area (Å²) in [6, 6.07) is 8.73. The van der Waals surface area contributed by atoms with Crippen LogP contribution < -0.4 is 0 Å². The molecule has 1 unspecified atom stereocenters. The number of benzene rings is 2. The van der Waals surface area contributed by atoms with Crippen LogP contribution in [0.5, 0.6) is 17.2 Å². The first-order valence-corrected chi connectivity index (χ1v) is 8.74. The Kier molecular flexibility index (Phi) is 5.21. The van der Waals surface area contributed by atoms with Crippen molar-refractivity contribution in [3.63, 3.8) is 0 Å². The molecule has 3 N–H and O–H groups in total. The van der Waals surface area contributed by atoms with Crippen LogP contribution in [0.25, 0.3) is 0 Å². The number of aromatic hydroxyl groups is 3. The minimum atomic E-state index is -0.258. The Hall–Kier alpha value is -2.17. The number of nitrogens with zero attached hydrogens (tertiary/aromatic N) is 1. The Bertz CT molecular complexity index is 787. The predicted molar refractivity (Wildman–Crippen MR) is 99.7 cm³/mol. The van der Waals surface area contributed by atoms with Gasteiger partial charge in [-0.25, -0.2) is 0 Å². The fourth-order valence-corrected chi connectivity index (χ4v) is 3.68. The maximum atomic E-state index is 10.1. The van der Waals surface area contributed by atoms with Crippen molar-refractivity contribution in [2.75, 3.05) is 19.6 Å². The molecule has 5 heteroatoms. The van der Waals surface area contributed by atoms with E-state index in [0.29, 0.717) is 6.42 Å². The molecule has 132 valence electrons. The summed E-state index contributed by atoms with van der Waals surface area (Å²) in [6.45, 7) is 4.41. The van der Waals surface area contributed by atoms with Gasteiger partial charge in [0.2, 0.25) is 0 Å². The average Bonchev–Trinajstić information content (AvgIpc) is 2.78. The molecular formula is C20H22ClNO3. The van der Waals surface area contributed by atoms with Gasteiger partial charge in [0.1, 0.15) is 5.75 Å². The number of allylic oxidation sites excluding steroid dienone is 1. The zero-order valence-electron chi connectivity index (χ0n) is 14.1. The molecule has 0 radical (unpaired) electrons. The molecule has 1 aliphatic rings. The standard InChI is InChI=1S/C20H22ClNO3/c1-2-3-9-22-10-8-15-16(11-18(24)20(25)19(15)21)17(12-22)13-4-6-14(23)7-5-13/h2-7,11,17,23-25H,8-10,12H2,1H3/b3-2+. The van der Waals surface area contributed by atoms with E-state index in [1.807, 2.05) is 25.1 Å². The van der Waals surface area contributed by atoms with Gasteiger partial charge in [-0.15, -0.1) is 0 Å². The van der Waals surface area contributed by atoms with Crippen molar-refractivity contribution >= 4 is 11.6 Å². The minimum absolute atomic E-state index is 0.00708. The van der Waals surface area contributed by atoms with Crippen LogP contribution in [0.15, 0.2) is 42.5 Å². The van der Waals surface area contributed by atoms with Crippen molar-refractivity contribution in [2.45, 2.75) is 19.3 Å². The molecule has 0 fully saturated rings. The molecule has 0 amide bonds. The van der Waals surface area contributed by atoms with Gasteiger partial charge in [-0.2, -0.15) is 0 Å². The Morgan fingerprint density at radius 3 is 2.60 bits per heavy atom. The molecular weight excluding hydrogens is 338 g/mol. The van der Waals surface area contributed by atoms with Gasteiger partial charge >= 0.3 is 0 Å². The third-order valence-corrected chi connectivity index (χ3v) is 5.15. The van der Waals surface area contributed by atoms with Crippen LogP contribution in [-0.4, -0.2) is 39.9 Å². The van der Waals surface area contributed by atoms with Crippen LogP contribution in [0, 0.1) is 0 Å². The number of rotatable bonds is 3. The molecule has 1 aliphatic heterocycles. The summed E-state index contributed by atoms with van der Waals surface area (Å²) in [5.74, 6) is -0.247. The molecule has 0 aliphatic carbocycles. The fourth-order valence-electron chi connectivity index (χ4n) is 3.38. The van der Waals surface area contributed by atoms with Crippen molar-refractivity contribution in [1.82, 2.24) is 4.90 Å². The molecule has 1 heterocycles. The number of phenolic OH excluding ortho intramolecular Hbond substituents is 3. The molecule has 0 bridgehead atoms. The van der Waals surface area contributed by atoms with E-state index in [4.69, 9.17) is 11.6 Å². The van der Waals surface area contributed by atoms with E-state index in [2.05, 4.69) is 11.0 Å². The van der Waals surface area contributed by atoms with E-state index >= 15 is 0 Å². The highest BCUT2D eigenvalue weighted by molar-refractivity contribution is 6.33. The number of hydrogen-bond donors (Lipinski definition) is 3. The van der Waals surface area contributed by atoms with E-state index in [1.54, 1.807) is 18.2 Å². The highest BCUT2D eigenvalue weighted by Crippen LogP contribution is 2.43. The van der Waals surface area contributed by atoms with E-state index in [-0.39, 0.29) is 28.2 Å². The first kappa shape index (κ1) is 17.6. The first-order valence-electron chi connectivity index (χ1n) is 8.37. The molecule has 4 nitrogen and oxygen atoms in total. The monoisotopic (exact) mass is 359 g/mol. The Morgan fingerprint density at radius 1 is 1.20 bits per heavy atom. The van der Waals surface area contributed by atoms with E-state index < -0.39 is 0 Å². The lowest BCUT2D eigenvalue weighted by molar-refractivity contribution is 0.305. The summed E-state index contributed by atoms with van der Waals surface area (Å²) in [5, 5.41) is 29.9. The van der Waals surface area contributed by atoms with Gasteiger partial charge in [0, 0.05) is 25.6 Å². The highest BCUT2D eigenvalue weighted by atomic mass is 35.5. The van der Waals surface area contributed by atoms with E-state index in [9.17, 15) is 15.3 Å². The highest BCUT2D eigenvalue weighted by Gasteiger charge is 2.28. The van der Waals surface area contributed by atoms with Gasteiger partial charge in [0.05, 0.1) is 5.02 Å². The van der Waals surface area contributed by atoms with Crippen molar-refractivity contribution in [1.29, 1.82) is 0 Å². The molecule has 2 aromatic carbocycles. The molecule has 0 saturated carbocycles. The SMILES string of the molecule is C/C=C/CN1CCc2c(cc(O)c(O)c2Cl)C(c2ccc(O)cc2)C1.